The number of benzene rings is 8. The zero-order valence-corrected chi connectivity index (χ0v) is 51.1. The van der Waals surface area contributed by atoms with Gasteiger partial charge in [-0.2, -0.15) is 0 Å². The zero-order chi connectivity index (χ0) is 61.8. The predicted octanol–water partition coefficient (Wildman–Crippen LogP) is 13.3. The molecule has 2 heterocycles. The number of ether oxygens (including phenoxy) is 1. The van der Waals surface area contributed by atoms with Crippen molar-refractivity contribution in [1.82, 2.24) is 19.8 Å². The Morgan fingerprint density at radius 2 is 0.837 bits per heavy atom. The number of carbonyl (C=O) groups excluding carboxylic acids is 3. The Labute approximate surface area is 502 Å². The molecule has 14 nitrogen and oxygen atoms in total. The molecule has 440 valence electrons. The van der Waals surface area contributed by atoms with E-state index in [0.29, 0.717) is 35.3 Å². The van der Waals surface area contributed by atoms with Gasteiger partial charge in [-0.15, -0.1) is 0 Å². The minimum Gasteiger partial charge on any atom is -0.478 e. The van der Waals surface area contributed by atoms with E-state index in [2.05, 4.69) is 52.7 Å². The summed E-state index contributed by atoms with van der Waals surface area (Å²) in [5.74, 6) is -1.70. The van der Waals surface area contributed by atoms with E-state index >= 15 is 0 Å². The zero-order valence-electron chi connectivity index (χ0n) is 49.5. The average molecular weight is 1190 g/mol. The van der Waals surface area contributed by atoms with Gasteiger partial charge >= 0.3 is 11.9 Å². The Morgan fingerprint density at radius 1 is 0.477 bits per heavy atom. The molecule has 8 aromatic carbocycles. The topological polar surface area (TPSA) is 200 Å². The van der Waals surface area contributed by atoms with Gasteiger partial charge in [-0.3, -0.25) is 9.59 Å². The summed E-state index contributed by atoms with van der Waals surface area (Å²) in [5, 5.41) is 17.4. The Morgan fingerprint density at radius 3 is 1.21 bits per heavy atom. The highest BCUT2D eigenvalue weighted by Crippen LogP contribution is 2.32. The summed E-state index contributed by atoms with van der Waals surface area (Å²) < 4.78 is 56.8. The number of hydrogen-bond donors (Lipinski definition) is 3. The van der Waals surface area contributed by atoms with E-state index in [1.54, 1.807) is 66.7 Å². The molecule has 10 aromatic rings. The van der Waals surface area contributed by atoms with Crippen molar-refractivity contribution in [3.63, 3.8) is 0 Å². The molecule has 0 aliphatic rings. The molecule has 2 aromatic heterocycles. The van der Waals surface area contributed by atoms with E-state index in [1.165, 1.54) is 6.26 Å². The van der Waals surface area contributed by atoms with Crippen LogP contribution >= 0.6 is 0 Å². The monoisotopic (exact) mass is 1190 g/mol. The maximum Gasteiger partial charge on any atom is 0.339 e. The first kappa shape index (κ1) is 61.2. The molecule has 0 aliphatic carbocycles. The standard InChI is InChI=1S/C37H38N2O5S.C33H30N2O5S/c1-24-25(2)39(23-27-11-15-28(16-12-27)31-9-7-8-10-32(31)36(41)44-37(3,4)5)34-20-17-29(21-33(24)34)35(40)38-22-26-13-18-30(19-14-26)45(6,42)43;1-21-22(2)35(20-24-8-12-25(13-9-24)28-6-4-5-7-29(28)33(37)38)31-17-14-26(18-30(21)31)32(36)34-19-23-10-15-27(16-11-23)41(3,39)40/h7-21H,22-23H2,1-6H3,(H,38,40);4-18H,19-20H2,1-3H3,(H,34,36)(H,37,38). The van der Waals surface area contributed by atoms with Crippen LogP contribution < -0.4 is 10.6 Å². The summed E-state index contributed by atoms with van der Waals surface area (Å²) in [6, 6.07) is 55.0. The van der Waals surface area contributed by atoms with Crippen LogP contribution in [-0.2, 0) is 50.6 Å². The van der Waals surface area contributed by atoms with Gasteiger partial charge in [0.25, 0.3) is 11.8 Å². The molecule has 0 saturated heterocycles. The number of nitrogens with zero attached hydrogens (tertiary/aromatic N) is 2. The quantitative estimate of drug-likeness (QED) is 0.0782. The van der Waals surface area contributed by atoms with Crippen LogP contribution in [0.25, 0.3) is 44.1 Å². The number of aromatic carboxylic acids is 1. The van der Waals surface area contributed by atoms with E-state index in [1.807, 2.05) is 131 Å². The molecule has 86 heavy (non-hydrogen) atoms. The maximum atomic E-state index is 13.0. The number of aromatic nitrogens is 2. The van der Waals surface area contributed by atoms with Crippen LogP contribution in [0.3, 0.4) is 0 Å². The molecular formula is C70H68N4O10S2. The highest BCUT2D eigenvalue weighted by Gasteiger charge is 2.22. The van der Waals surface area contributed by atoms with Crippen LogP contribution in [0.1, 0.15) is 107 Å². The third kappa shape index (κ3) is 14.1. The van der Waals surface area contributed by atoms with Gasteiger partial charge in [0, 0.05) is 83.0 Å². The molecule has 0 spiro atoms. The fourth-order valence-electron chi connectivity index (χ4n) is 10.4. The lowest BCUT2D eigenvalue weighted by atomic mass is 9.98. The largest absolute Gasteiger partial charge is 0.478 e. The van der Waals surface area contributed by atoms with Crippen LogP contribution in [0.5, 0.6) is 0 Å². The van der Waals surface area contributed by atoms with Crippen molar-refractivity contribution in [3.8, 4) is 22.3 Å². The smallest absolute Gasteiger partial charge is 0.339 e. The van der Waals surface area contributed by atoms with Gasteiger partial charge in [0.1, 0.15) is 5.60 Å². The second-order valence-corrected chi connectivity index (χ2v) is 26.6. The minimum absolute atomic E-state index is 0.198. The van der Waals surface area contributed by atoms with Crippen molar-refractivity contribution >= 4 is 65.2 Å². The summed E-state index contributed by atoms with van der Waals surface area (Å²) >= 11 is 0. The lowest BCUT2D eigenvalue weighted by Crippen LogP contribution is -2.24. The number of amides is 2. The Balaban J connectivity index is 0.000000206. The summed E-state index contributed by atoms with van der Waals surface area (Å²) in [5.41, 5.74) is 14.9. The number of rotatable bonds is 16. The van der Waals surface area contributed by atoms with E-state index < -0.39 is 31.2 Å². The van der Waals surface area contributed by atoms with Gasteiger partial charge in [-0.1, -0.05) is 109 Å². The van der Waals surface area contributed by atoms with Crippen molar-refractivity contribution in [2.75, 3.05) is 12.5 Å². The number of carboxylic acid groups (broad SMARTS) is 1. The first-order valence-electron chi connectivity index (χ1n) is 27.9. The van der Waals surface area contributed by atoms with E-state index in [-0.39, 0.29) is 46.2 Å². The van der Waals surface area contributed by atoms with E-state index in [9.17, 15) is 41.1 Å². The number of carbonyl (C=O) groups is 4. The maximum absolute atomic E-state index is 13.0. The van der Waals surface area contributed by atoms with Gasteiger partial charge in [-0.25, -0.2) is 26.4 Å². The molecule has 2 amide bonds. The summed E-state index contributed by atoms with van der Waals surface area (Å²) in [4.78, 5) is 51.0. The normalized spacial score (nSPS) is 11.7. The van der Waals surface area contributed by atoms with Gasteiger partial charge in [0.2, 0.25) is 0 Å². The van der Waals surface area contributed by atoms with Crippen LogP contribution in [0.2, 0.25) is 0 Å². The molecule has 10 rings (SSSR count). The van der Waals surface area contributed by atoms with E-state index in [4.69, 9.17) is 4.74 Å². The molecular weight excluding hydrogens is 1120 g/mol. The van der Waals surface area contributed by atoms with Crippen molar-refractivity contribution < 1.29 is 45.9 Å². The van der Waals surface area contributed by atoms with Crippen molar-refractivity contribution in [1.29, 1.82) is 0 Å². The van der Waals surface area contributed by atoms with E-state index in [0.717, 1.165) is 89.5 Å². The molecule has 0 atom stereocenters. The Kier molecular flexibility index (Phi) is 17.8. The highest BCUT2D eigenvalue weighted by molar-refractivity contribution is 7.91. The number of fused-ring (bicyclic) bond motifs is 2. The molecule has 3 N–H and O–H groups in total. The number of nitrogens with one attached hydrogen (secondary N) is 2. The molecule has 0 bridgehead atoms. The fourth-order valence-corrected chi connectivity index (χ4v) is 11.6. The van der Waals surface area contributed by atoms with Crippen molar-refractivity contribution in [3.05, 3.63) is 249 Å². The first-order chi connectivity index (χ1) is 40.7. The second-order valence-electron chi connectivity index (χ2n) is 22.5. The van der Waals surface area contributed by atoms with Gasteiger partial charge in [-0.05, 0) is 177 Å². The average Bonchev–Trinajstić information content (AvgIpc) is 3.13. The van der Waals surface area contributed by atoms with Gasteiger partial charge in [0.15, 0.2) is 19.7 Å². The van der Waals surface area contributed by atoms with Gasteiger partial charge in [0.05, 0.1) is 20.9 Å². The molecule has 0 radical (unpaired) electrons. The number of hydrogen-bond acceptors (Lipinski definition) is 9. The molecule has 0 saturated carbocycles. The number of esters is 1. The fraction of sp³-hybridized carbons (Fsp3) is 0.200. The van der Waals surface area contributed by atoms with Gasteiger partial charge < -0.3 is 29.6 Å². The summed E-state index contributed by atoms with van der Waals surface area (Å²) in [7, 11) is -6.54. The van der Waals surface area contributed by atoms with Crippen molar-refractivity contribution in [2.45, 2.75) is 90.0 Å². The summed E-state index contributed by atoms with van der Waals surface area (Å²) in [6.07, 6.45) is 2.33. The SMILES string of the molecule is Cc1c(C)n(Cc2ccc(-c3ccccc3C(=O)O)cc2)c2ccc(C(=O)NCc3ccc(S(C)(=O)=O)cc3)cc12.Cc1c(C)n(Cc2ccc(-c3ccccc3C(=O)OC(C)(C)C)cc2)c2ccc(C(=O)NCc3ccc(S(C)(=O)=O)cc3)cc12. The third-order valence-electron chi connectivity index (χ3n) is 15.3. The molecule has 0 unspecified atom stereocenters. The van der Waals surface area contributed by atoms with Crippen molar-refractivity contribution in [2.24, 2.45) is 0 Å². The number of sulfone groups is 2. The van der Waals surface area contributed by atoms with Crippen LogP contribution in [0.15, 0.2) is 192 Å². The first-order valence-corrected chi connectivity index (χ1v) is 31.7. The van der Waals surface area contributed by atoms with Crippen LogP contribution in [-0.4, -0.2) is 72.9 Å². The van der Waals surface area contributed by atoms with Crippen LogP contribution in [0, 0.1) is 27.7 Å². The summed E-state index contributed by atoms with van der Waals surface area (Å²) in [6.45, 7) is 15.7. The lowest BCUT2D eigenvalue weighted by Gasteiger charge is -2.20. The minimum atomic E-state index is -3.27. The van der Waals surface area contributed by atoms with Crippen LogP contribution in [0.4, 0.5) is 0 Å². The molecule has 16 heteroatoms. The highest BCUT2D eigenvalue weighted by atomic mass is 32.2. The Bertz CT molecular complexity index is 4460. The second kappa shape index (κ2) is 25.1. The molecule has 0 fully saturated rings. The number of aryl methyl sites for hydroxylation is 2. The predicted molar refractivity (Wildman–Crippen MR) is 338 cm³/mol. The Hall–Kier alpha value is -9.38. The lowest BCUT2D eigenvalue weighted by molar-refractivity contribution is 0.00698. The molecule has 0 aliphatic heterocycles. The number of carboxylic acids is 1. The third-order valence-corrected chi connectivity index (χ3v) is 17.6.